The Morgan fingerprint density at radius 2 is 1.09 bits per heavy atom. The first-order valence-electron chi connectivity index (χ1n) is 9.86. The third-order valence-corrected chi connectivity index (χ3v) is 4.13. The van der Waals surface area contributed by atoms with Crippen molar-refractivity contribution in [2.75, 3.05) is 0 Å². The minimum atomic E-state index is 0. The second-order valence-corrected chi connectivity index (χ2v) is 7.89. The van der Waals surface area contributed by atoms with Crippen LogP contribution in [-0.4, -0.2) is 0 Å². The van der Waals surface area contributed by atoms with Crippen LogP contribution in [0, 0.1) is 5.41 Å². The van der Waals surface area contributed by atoms with E-state index < -0.39 is 0 Å². The van der Waals surface area contributed by atoms with E-state index >= 15 is 0 Å². The molecule has 0 aliphatic carbocycles. The van der Waals surface area contributed by atoms with Crippen molar-refractivity contribution in [2.45, 2.75) is 119 Å². The maximum atomic E-state index is 2.37. The van der Waals surface area contributed by atoms with Gasteiger partial charge in [0.15, 0.2) is 0 Å². The van der Waals surface area contributed by atoms with Gasteiger partial charge in [0.1, 0.15) is 0 Å². The Kier molecular flexibility index (Phi) is 19.2. The lowest BCUT2D eigenvalue weighted by Gasteiger charge is -2.17. The molecule has 0 rings (SSSR count). The predicted molar refractivity (Wildman–Crippen MR) is 110 cm³/mol. The fourth-order valence-corrected chi connectivity index (χ4v) is 2.64. The summed E-state index contributed by atoms with van der Waals surface area (Å²) in [5, 5.41) is 0. The molecule has 0 atom stereocenters. The van der Waals surface area contributed by atoms with Crippen LogP contribution in [0.5, 0.6) is 0 Å². The van der Waals surface area contributed by atoms with E-state index in [-0.39, 0.29) is 7.43 Å². The Hall–Kier alpha value is -0.520. The van der Waals surface area contributed by atoms with Crippen LogP contribution in [0.1, 0.15) is 119 Å². The molecule has 0 amide bonds. The minimum absolute atomic E-state index is 0. The zero-order chi connectivity index (χ0) is 16.5. The maximum absolute atomic E-state index is 2.37. The Morgan fingerprint density at radius 3 is 1.61 bits per heavy atom. The van der Waals surface area contributed by atoms with Crippen LogP contribution in [0.4, 0.5) is 0 Å². The molecule has 0 saturated heterocycles. The first-order chi connectivity index (χ1) is 10.6. The largest absolute Gasteiger partial charge is 0.0882 e. The lowest BCUT2D eigenvalue weighted by Crippen LogP contribution is -2.03. The van der Waals surface area contributed by atoms with E-state index in [0.717, 1.165) is 6.42 Å². The summed E-state index contributed by atoms with van der Waals surface area (Å²) >= 11 is 0. The minimum Gasteiger partial charge on any atom is -0.0882 e. The fourth-order valence-electron chi connectivity index (χ4n) is 2.64. The van der Waals surface area contributed by atoms with Gasteiger partial charge < -0.3 is 0 Å². The average Bonchev–Trinajstić information content (AvgIpc) is 2.45. The molecule has 0 fully saturated rings. The van der Waals surface area contributed by atoms with Crippen molar-refractivity contribution < 1.29 is 0 Å². The molecule has 0 unspecified atom stereocenters. The number of rotatable bonds is 14. The van der Waals surface area contributed by atoms with Crippen LogP contribution in [0.15, 0.2) is 24.3 Å². The summed E-state index contributed by atoms with van der Waals surface area (Å²) < 4.78 is 0. The Labute approximate surface area is 148 Å². The first-order valence-corrected chi connectivity index (χ1v) is 9.86. The van der Waals surface area contributed by atoms with E-state index in [1.807, 2.05) is 0 Å². The van der Waals surface area contributed by atoms with E-state index in [2.05, 4.69) is 52.0 Å². The highest BCUT2D eigenvalue weighted by atomic mass is 14.1. The lowest BCUT2D eigenvalue weighted by atomic mass is 9.89. The van der Waals surface area contributed by atoms with E-state index in [0.29, 0.717) is 5.41 Å². The number of allylic oxidation sites excluding steroid dienone is 4. The summed E-state index contributed by atoms with van der Waals surface area (Å²) in [6, 6.07) is 0. The van der Waals surface area contributed by atoms with Crippen LogP contribution < -0.4 is 0 Å². The van der Waals surface area contributed by atoms with Crippen molar-refractivity contribution >= 4 is 0 Å². The predicted octanol–water partition coefficient (Wildman–Crippen LogP) is 8.87. The molecule has 23 heavy (non-hydrogen) atoms. The van der Waals surface area contributed by atoms with Gasteiger partial charge in [0.2, 0.25) is 0 Å². The topological polar surface area (TPSA) is 0 Å². The zero-order valence-electron chi connectivity index (χ0n) is 16.0. The maximum Gasteiger partial charge on any atom is -0.0169 e. The van der Waals surface area contributed by atoms with Crippen molar-refractivity contribution in [3.05, 3.63) is 24.3 Å². The smallest absolute Gasteiger partial charge is 0.0169 e. The van der Waals surface area contributed by atoms with Gasteiger partial charge in [0.05, 0.1) is 0 Å². The Morgan fingerprint density at radius 1 is 0.609 bits per heavy atom. The molecule has 0 aliphatic rings. The standard InChI is InChI=1S/C22H42.CH4/c1-5-6-7-8-9-10-11-12-13-14-15-16-17-18-19-20-21-22(2,3)4;/h9-10,12-13H,5-8,11,14-21H2,1-4H3;1H4/b10-9-,13-12-;. The van der Waals surface area contributed by atoms with Crippen LogP contribution >= 0.6 is 0 Å². The van der Waals surface area contributed by atoms with E-state index in [9.17, 15) is 0 Å². The van der Waals surface area contributed by atoms with Gasteiger partial charge in [-0.15, -0.1) is 0 Å². The van der Waals surface area contributed by atoms with Gasteiger partial charge in [-0.2, -0.15) is 0 Å². The van der Waals surface area contributed by atoms with E-state index in [1.54, 1.807) is 0 Å². The molecule has 0 aliphatic heterocycles. The highest BCUT2D eigenvalue weighted by molar-refractivity contribution is 4.92. The van der Waals surface area contributed by atoms with Gasteiger partial charge in [-0.1, -0.05) is 104 Å². The highest BCUT2D eigenvalue weighted by Crippen LogP contribution is 2.22. The van der Waals surface area contributed by atoms with Crippen LogP contribution in [-0.2, 0) is 0 Å². The van der Waals surface area contributed by atoms with Gasteiger partial charge in [-0.3, -0.25) is 0 Å². The molecular formula is C23H46. The summed E-state index contributed by atoms with van der Waals surface area (Å²) in [6.07, 6.45) is 26.9. The molecule has 0 spiro atoms. The van der Waals surface area contributed by atoms with Gasteiger partial charge in [-0.25, -0.2) is 0 Å². The van der Waals surface area contributed by atoms with Crippen molar-refractivity contribution in [1.29, 1.82) is 0 Å². The Bertz CT molecular complexity index is 264. The molecule has 0 bridgehead atoms. The fraction of sp³-hybridized carbons (Fsp3) is 0.826. The molecule has 138 valence electrons. The van der Waals surface area contributed by atoms with Gasteiger partial charge in [0, 0.05) is 0 Å². The first kappa shape index (κ1) is 24.7. The molecule has 0 N–H and O–H groups in total. The summed E-state index contributed by atoms with van der Waals surface area (Å²) in [5.74, 6) is 0. The second-order valence-electron chi connectivity index (χ2n) is 7.89. The molecular weight excluding hydrogens is 276 g/mol. The molecule has 0 radical (unpaired) electrons. The van der Waals surface area contributed by atoms with Crippen LogP contribution in [0.25, 0.3) is 0 Å². The van der Waals surface area contributed by atoms with Gasteiger partial charge in [-0.05, 0) is 43.9 Å². The molecule has 0 nitrogen and oxygen atoms in total. The lowest BCUT2D eigenvalue weighted by molar-refractivity contribution is 0.356. The van der Waals surface area contributed by atoms with E-state index in [1.165, 1.54) is 77.0 Å². The molecule has 0 heteroatoms. The normalized spacial score (nSPS) is 12.2. The molecule has 0 aromatic carbocycles. The van der Waals surface area contributed by atoms with Crippen molar-refractivity contribution in [1.82, 2.24) is 0 Å². The Balaban J connectivity index is 0. The number of hydrogen-bond donors (Lipinski definition) is 0. The summed E-state index contributed by atoms with van der Waals surface area (Å²) in [4.78, 5) is 0. The molecule has 0 saturated carbocycles. The van der Waals surface area contributed by atoms with Crippen LogP contribution in [0.3, 0.4) is 0 Å². The monoisotopic (exact) mass is 322 g/mol. The summed E-state index contributed by atoms with van der Waals surface area (Å²) in [5.41, 5.74) is 0.523. The summed E-state index contributed by atoms with van der Waals surface area (Å²) in [7, 11) is 0. The van der Waals surface area contributed by atoms with Crippen LogP contribution in [0.2, 0.25) is 0 Å². The number of hydrogen-bond acceptors (Lipinski definition) is 0. The zero-order valence-corrected chi connectivity index (χ0v) is 16.0. The van der Waals surface area contributed by atoms with Gasteiger partial charge >= 0.3 is 0 Å². The highest BCUT2D eigenvalue weighted by Gasteiger charge is 2.08. The summed E-state index contributed by atoms with van der Waals surface area (Å²) in [6.45, 7) is 9.30. The third kappa shape index (κ3) is 23.9. The SMILES string of the molecule is C.CCCCC/C=C\C/C=C\CCCCCCCCC(C)(C)C. The second kappa shape index (κ2) is 17.8. The molecule has 0 aromatic rings. The van der Waals surface area contributed by atoms with Crippen molar-refractivity contribution in [3.8, 4) is 0 Å². The molecule has 0 aromatic heterocycles. The van der Waals surface area contributed by atoms with Crippen molar-refractivity contribution in [3.63, 3.8) is 0 Å². The third-order valence-electron chi connectivity index (χ3n) is 4.13. The quantitative estimate of drug-likeness (QED) is 0.221. The van der Waals surface area contributed by atoms with Crippen molar-refractivity contribution in [2.24, 2.45) is 5.41 Å². The van der Waals surface area contributed by atoms with Gasteiger partial charge in [0.25, 0.3) is 0 Å². The average molecular weight is 323 g/mol. The van der Waals surface area contributed by atoms with E-state index in [4.69, 9.17) is 0 Å². The number of unbranched alkanes of at least 4 members (excludes halogenated alkanes) is 9. The molecule has 0 heterocycles.